The highest BCUT2D eigenvalue weighted by Crippen LogP contribution is 2.14. The fourth-order valence-corrected chi connectivity index (χ4v) is 1.18. The quantitative estimate of drug-likeness (QED) is 0.829. The Morgan fingerprint density at radius 3 is 2.75 bits per heavy atom. The normalized spacial score (nSPS) is 14.1. The molecule has 4 nitrogen and oxygen atoms in total. The number of aromatic nitrogens is 2. The first kappa shape index (κ1) is 13.0. The van der Waals surface area contributed by atoms with Crippen LogP contribution in [0.3, 0.4) is 0 Å². The molecule has 0 fully saturated rings. The van der Waals surface area contributed by atoms with E-state index in [-0.39, 0.29) is 13.0 Å². The smallest absolute Gasteiger partial charge is 0.390 e. The van der Waals surface area contributed by atoms with Crippen molar-refractivity contribution >= 4 is 0 Å². The summed E-state index contributed by atoms with van der Waals surface area (Å²) in [5.41, 5.74) is 0.616. The first-order valence-electron chi connectivity index (χ1n) is 4.68. The molecule has 1 heterocycles. The zero-order valence-electron chi connectivity index (χ0n) is 8.74. The van der Waals surface area contributed by atoms with E-state index in [4.69, 9.17) is 0 Å². The number of aryl methyl sites for hydroxylation is 1. The summed E-state index contributed by atoms with van der Waals surface area (Å²) in [6, 6.07) is 1.69. The lowest BCUT2D eigenvalue weighted by atomic mass is 10.2. The Balaban J connectivity index is 2.23. The van der Waals surface area contributed by atoms with Gasteiger partial charge in [-0.05, 0) is 6.07 Å². The zero-order chi connectivity index (χ0) is 12.2. The van der Waals surface area contributed by atoms with Crippen LogP contribution in [0.25, 0.3) is 0 Å². The minimum Gasteiger partial charge on any atom is -0.390 e. The summed E-state index contributed by atoms with van der Waals surface area (Å²) in [4.78, 5) is 0. The summed E-state index contributed by atoms with van der Waals surface area (Å²) in [6.07, 6.45) is -3.46. The largest absolute Gasteiger partial charge is 0.411 e. The van der Waals surface area contributed by atoms with Crippen molar-refractivity contribution in [1.29, 1.82) is 0 Å². The van der Waals surface area contributed by atoms with Gasteiger partial charge in [0, 0.05) is 19.7 Å². The topological polar surface area (TPSA) is 47.3 Å². The van der Waals surface area contributed by atoms with E-state index >= 15 is 0 Å². The van der Waals surface area contributed by atoms with Crippen molar-refractivity contribution in [2.45, 2.75) is 18.7 Å². The monoisotopic (exact) mass is 238 g/mol. The van der Waals surface area contributed by atoms with Crippen LogP contribution in [-0.2, 0) is 18.2 Å². The number of hydrogen-bond acceptors (Lipinski definition) is 3. The van der Waals surface area contributed by atoms with E-state index in [1.165, 1.54) is 0 Å². The molecule has 0 amide bonds. The third-order valence-corrected chi connectivity index (χ3v) is 1.79. The first-order chi connectivity index (χ1) is 7.37. The Labute approximate surface area is 90.6 Å². The van der Waals surface area contributed by atoms with Crippen molar-refractivity contribution in [2.75, 3.05) is 13.2 Å². The second kappa shape index (κ2) is 5.31. The molecule has 0 radical (unpaired) electrons. The predicted molar refractivity (Wildman–Crippen MR) is 49.8 cm³/mol. The number of ether oxygens (including phenoxy) is 1. The molecule has 92 valence electrons. The molecule has 0 aliphatic heterocycles. The van der Waals surface area contributed by atoms with E-state index in [2.05, 4.69) is 9.84 Å². The molecular formula is C9H13F3N2O2. The molecule has 16 heavy (non-hydrogen) atoms. The van der Waals surface area contributed by atoms with Crippen LogP contribution in [0, 0.1) is 0 Å². The summed E-state index contributed by atoms with van der Waals surface area (Å²) in [7, 11) is 1.72. The summed E-state index contributed by atoms with van der Waals surface area (Å²) in [6.45, 7) is -1.69. The molecule has 0 spiro atoms. The Kier molecular flexibility index (Phi) is 4.31. The Hall–Kier alpha value is -1.08. The van der Waals surface area contributed by atoms with Crippen molar-refractivity contribution in [3.05, 3.63) is 18.0 Å². The molecule has 1 N–H and O–H groups in total. The summed E-state index contributed by atoms with van der Waals surface area (Å²) in [5, 5.41) is 13.4. The maximum atomic E-state index is 11.7. The lowest BCUT2D eigenvalue weighted by molar-refractivity contribution is -0.179. The number of nitrogens with zero attached hydrogens (tertiary/aromatic N) is 2. The molecule has 1 atom stereocenters. The number of alkyl halides is 3. The van der Waals surface area contributed by atoms with Crippen LogP contribution in [-0.4, -0.2) is 40.4 Å². The second-order valence-corrected chi connectivity index (χ2v) is 3.47. The highest BCUT2D eigenvalue weighted by molar-refractivity contribution is 5.00. The molecule has 1 aromatic rings. The zero-order valence-corrected chi connectivity index (χ0v) is 8.74. The van der Waals surface area contributed by atoms with Crippen molar-refractivity contribution in [3.63, 3.8) is 0 Å². The van der Waals surface area contributed by atoms with E-state index in [0.717, 1.165) is 0 Å². The molecule has 7 heteroatoms. The maximum Gasteiger partial charge on any atom is 0.411 e. The van der Waals surface area contributed by atoms with Crippen molar-refractivity contribution in [3.8, 4) is 0 Å². The number of halogens is 3. The van der Waals surface area contributed by atoms with E-state index in [9.17, 15) is 18.3 Å². The highest BCUT2D eigenvalue weighted by atomic mass is 19.4. The number of hydrogen-bond donors (Lipinski definition) is 1. The summed E-state index contributed by atoms with van der Waals surface area (Å²) < 4.78 is 41.0. The Morgan fingerprint density at radius 2 is 2.25 bits per heavy atom. The Bertz CT molecular complexity index is 325. The minimum absolute atomic E-state index is 0.179. The van der Waals surface area contributed by atoms with Crippen LogP contribution >= 0.6 is 0 Å². The van der Waals surface area contributed by atoms with Crippen molar-refractivity contribution in [2.24, 2.45) is 7.05 Å². The molecular weight excluding hydrogens is 225 g/mol. The molecule has 0 saturated heterocycles. The van der Waals surface area contributed by atoms with Gasteiger partial charge in [-0.2, -0.15) is 18.3 Å². The van der Waals surface area contributed by atoms with Crippen LogP contribution in [0.15, 0.2) is 12.3 Å². The van der Waals surface area contributed by atoms with Gasteiger partial charge in [-0.1, -0.05) is 0 Å². The fraction of sp³-hybridized carbons (Fsp3) is 0.667. The van der Waals surface area contributed by atoms with Gasteiger partial charge >= 0.3 is 6.18 Å². The number of aliphatic hydroxyl groups excluding tert-OH is 1. The number of rotatable bonds is 5. The number of aliphatic hydroxyl groups is 1. The van der Waals surface area contributed by atoms with Gasteiger partial charge in [-0.15, -0.1) is 0 Å². The first-order valence-corrected chi connectivity index (χ1v) is 4.68. The summed E-state index contributed by atoms with van der Waals surface area (Å²) >= 11 is 0. The van der Waals surface area contributed by atoms with Crippen LogP contribution in [0.1, 0.15) is 5.69 Å². The molecule has 0 bridgehead atoms. The van der Waals surface area contributed by atoms with Gasteiger partial charge in [0.2, 0.25) is 0 Å². The molecule has 1 rings (SSSR count). The van der Waals surface area contributed by atoms with E-state index < -0.39 is 18.9 Å². The second-order valence-electron chi connectivity index (χ2n) is 3.47. The molecule has 0 aliphatic carbocycles. The van der Waals surface area contributed by atoms with E-state index in [0.29, 0.717) is 5.69 Å². The van der Waals surface area contributed by atoms with E-state index in [1.54, 1.807) is 24.0 Å². The lowest BCUT2D eigenvalue weighted by Gasteiger charge is -2.11. The van der Waals surface area contributed by atoms with Gasteiger partial charge in [0.25, 0.3) is 0 Å². The predicted octanol–water partition coefficient (Wildman–Crippen LogP) is 0.902. The lowest BCUT2D eigenvalue weighted by Crippen LogP contribution is -2.24. The van der Waals surface area contributed by atoms with Crippen molar-refractivity contribution in [1.82, 2.24) is 9.78 Å². The minimum atomic E-state index is -4.36. The maximum absolute atomic E-state index is 11.7. The summed E-state index contributed by atoms with van der Waals surface area (Å²) in [5.74, 6) is 0. The SMILES string of the molecule is Cn1ccc(CC(O)COCC(F)(F)F)n1. The van der Waals surface area contributed by atoms with Crippen LogP contribution in [0.2, 0.25) is 0 Å². The van der Waals surface area contributed by atoms with Gasteiger partial charge in [0.15, 0.2) is 0 Å². The van der Waals surface area contributed by atoms with Gasteiger partial charge < -0.3 is 9.84 Å². The molecule has 0 aliphatic rings. The van der Waals surface area contributed by atoms with Gasteiger partial charge in [-0.3, -0.25) is 4.68 Å². The molecule has 1 aromatic heterocycles. The van der Waals surface area contributed by atoms with Gasteiger partial charge in [0.05, 0.1) is 18.4 Å². The fourth-order valence-electron chi connectivity index (χ4n) is 1.18. The molecule has 0 saturated carbocycles. The van der Waals surface area contributed by atoms with Gasteiger partial charge in [-0.25, -0.2) is 0 Å². The van der Waals surface area contributed by atoms with Crippen LogP contribution in [0.5, 0.6) is 0 Å². The standard InChI is InChI=1S/C9H13F3N2O2/c1-14-3-2-7(13-14)4-8(15)5-16-6-9(10,11)12/h2-3,8,15H,4-6H2,1H3. The third kappa shape index (κ3) is 5.13. The van der Waals surface area contributed by atoms with Crippen LogP contribution < -0.4 is 0 Å². The average molecular weight is 238 g/mol. The molecule has 1 unspecified atom stereocenters. The van der Waals surface area contributed by atoms with Crippen molar-refractivity contribution < 1.29 is 23.0 Å². The van der Waals surface area contributed by atoms with Crippen LogP contribution in [0.4, 0.5) is 13.2 Å². The third-order valence-electron chi connectivity index (χ3n) is 1.79. The average Bonchev–Trinajstić information content (AvgIpc) is 2.48. The Morgan fingerprint density at radius 1 is 1.56 bits per heavy atom. The van der Waals surface area contributed by atoms with E-state index in [1.807, 2.05) is 0 Å². The van der Waals surface area contributed by atoms with Gasteiger partial charge in [0.1, 0.15) is 6.61 Å². The highest BCUT2D eigenvalue weighted by Gasteiger charge is 2.27. The molecule has 0 aromatic carbocycles.